The van der Waals surface area contributed by atoms with Crippen molar-refractivity contribution in [3.63, 3.8) is 0 Å². The van der Waals surface area contributed by atoms with Crippen molar-refractivity contribution in [3.05, 3.63) is 82.1 Å². The Morgan fingerprint density at radius 3 is 2.29 bits per heavy atom. The number of rotatable bonds is 4. The van der Waals surface area contributed by atoms with Crippen molar-refractivity contribution in [3.8, 4) is 5.69 Å². The van der Waals surface area contributed by atoms with Gasteiger partial charge in [0.1, 0.15) is 0 Å². The number of aryl methyl sites for hydroxylation is 1. The average molecular weight is 408 g/mol. The van der Waals surface area contributed by atoms with Gasteiger partial charge in [0.2, 0.25) is 0 Å². The predicted octanol–water partition coefficient (Wildman–Crippen LogP) is 5.34. The molecule has 0 saturated heterocycles. The second-order valence-electron chi connectivity index (χ2n) is 6.40. The lowest BCUT2D eigenvalue weighted by molar-refractivity contribution is -0.143. The highest BCUT2D eigenvalue weighted by Gasteiger charge is 2.40. The number of hydrogen-bond donors (Lipinski definition) is 1. The zero-order valence-corrected chi connectivity index (χ0v) is 15.8. The number of nitrogens with one attached hydrogen (secondary N) is 1. The monoisotopic (exact) mass is 407 g/mol. The Morgan fingerprint density at radius 2 is 1.71 bits per heavy atom. The van der Waals surface area contributed by atoms with Crippen molar-refractivity contribution in [1.82, 2.24) is 15.1 Å². The summed E-state index contributed by atoms with van der Waals surface area (Å²) < 4.78 is 41.8. The number of halogens is 4. The van der Waals surface area contributed by atoms with Crippen LogP contribution in [0.2, 0.25) is 5.02 Å². The summed E-state index contributed by atoms with van der Waals surface area (Å²) in [5.41, 5.74) is 0.315. The minimum atomic E-state index is -4.77. The van der Waals surface area contributed by atoms with Crippen LogP contribution in [0, 0.1) is 6.92 Å². The highest BCUT2D eigenvalue weighted by atomic mass is 35.5. The van der Waals surface area contributed by atoms with E-state index >= 15 is 0 Å². The van der Waals surface area contributed by atoms with Gasteiger partial charge in [0, 0.05) is 5.02 Å². The number of carbonyl (C=O) groups is 1. The van der Waals surface area contributed by atoms with Gasteiger partial charge in [-0.05, 0) is 43.7 Å². The fourth-order valence-corrected chi connectivity index (χ4v) is 2.90. The molecule has 4 nitrogen and oxygen atoms in total. The van der Waals surface area contributed by atoms with Crippen LogP contribution in [-0.4, -0.2) is 15.7 Å². The van der Waals surface area contributed by atoms with Gasteiger partial charge < -0.3 is 5.32 Å². The number of carbonyl (C=O) groups excluding carboxylic acids is 1. The van der Waals surface area contributed by atoms with Crippen LogP contribution in [-0.2, 0) is 6.18 Å². The van der Waals surface area contributed by atoms with E-state index < -0.39 is 29.4 Å². The molecule has 0 aliphatic carbocycles. The van der Waals surface area contributed by atoms with Crippen LogP contribution < -0.4 is 5.32 Å². The number of aromatic nitrogens is 2. The van der Waals surface area contributed by atoms with E-state index in [0.29, 0.717) is 9.70 Å². The molecule has 1 N–H and O–H groups in total. The van der Waals surface area contributed by atoms with E-state index in [1.807, 2.05) is 31.2 Å². The van der Waals surface area contributed by atoms with Crippen molar-refractivity contribution in [2.75, 3.05) is 0 Å². The Kier molecular flexibility index (Phi) is 5.47. The van der Waals surface area contributed by atoms with Crippen LogP contribution in [0.1, 0.15) is 40.1 Å². The van der Waals surface area contributed by atoms with Crippen molar-refractivity contribution >= 4 is 17.5 Å². The first-order valence-corrected chi connectivity index (χ1v) is 8.83. The third-order valence-electron chi connectivity index (χ3n) is 4.28. The fraction of sp³-hybridized carbons (Fsp3) is 0.200. The molecule has 0 aliphatic heterocycles. The summed E-state index contributed by atoms with van der Waals surface area (Å²) in [6, 6.07) is 12.6. The standard InChI is InChI=1S/C20H17ClF3N3O/c1-12-3-5-14(6-4-12)13(2)26-19(28)17-11-25-27(18(17)20(22,23)24)16-9-7-15(21)8-10-16/h3-11,13H,1-2H3,(H,26,28). The molecule has 0 radical (unpaired) electrons. The molecule has 146 valence electrons. The van der Waals surface area contributed by atoms with Crippen LogP contribution in [0.5, 0.6) is 0 Å². The number of nitrogens with zero attached hydrogens (tertiary/aromatic N) is 2. The highest BCUT2D eigenvalue weighted by molar-refractivity contribution is 6.30. The van der Waals surface area contributed by atoms with Crippen LogP contribution in [0.4, 0.5) is 13.2 Å². The molecule has 1 heterocycles. The largest absolute Gasteiger partial charge is 0.434 e. The first-order valence-electron chi connectivity index (χ1n) is 8.45. The summed E-state index contributed by atoms with van der Waals surface area (Å²) in [6.07, 6.45) is -3.84. The molecule has 2 aromatic carbocycles. The molecule has 1 unspecified atom stereocenters. The normalized spacial score (nSPS) is 12.6. The Morgan fingerprint density at radius 1 is 1.11 bits per heavy atom. The number of alkyl halides is 3. The summed E-state index contributed by atoms with van der Waals surface area (Å²) in [7, 11) is 0. The third kappa shape index (κ3) is 4.20. The van der Waals surface area contributed by atoms with Gasteiger partial charge in [-0.1, -0.05) is 41.4 Å². The fourth-order valence-electron chi connectivity index (χ4n) is 2.78. The van der Waals surface area contributed by atoms with E-state index in [9.17, 15) is 18.0 Å². The molecule has 3 aromatic rings. The smallest absolute Gasteiger partial charge is 0.345 e. The van der Waals surface area contributed by atoms with Gasteiger partial charge in [-0.3, -0.25) is 4.79 Å². The number of benzene rings is 2. The Balaban J connectivity index is 1.93. The maximum absolute atomic E-state index is 13.7. The number of hydrogen-bond acceptors (Lipinski definition) is 2. The minimum Gasteiger partial charge on any atom is -0.345 e. The maximum atomic E-state index is 13.7. The molecule has 1 amide bonds. The third-order valence-corrected chi connectivity index (χ3v) is 4.53. The van der Waals surface area contributed by atoms with E-state index in [2.05, 4.69) is 10.4 Å². The van der Waals surface area contributed by atoms with Gasteiger partial charge in [0.05, 0.1) is 23.5 Å². The van der Waals surface area contributed by atoms with Crippen molar-refractivity contribution < 1.29 is 18.0 Å². The summed E-state index contributed by atoms with van der Waals surface area (Å²) in [4.78, 5) is 12.6. The van der Waals surface area contributed by atoms with E-state index in [4.69, 9.17) is 11.6 Å². The molecule has 8 heteroatoms. The van der Waals surface area contributed by atoms with Gasteiger partial charge in [0.25, 0.3) is 5.91 Å². The van der Waals surface area contributed by atoms with Gasteiger partial charge in [-0.2, -0.15) is 18.3 Å². The molecule has 1 atom stereocenters. The van der Waals surface area contributed by atoms with Crippen molar-refractivity contribution in [1.29, 1.82) is 0 Å². The summed E-state index contributed by atoms with van der Waals surface area (Å²) in [5.74, 6) is -0.847. The maximum Gasteiger partial charge on any atom is 0.434 e. The molecule has 0 fully saturated rings. The van der Waals surface area contributed by atoms with E-state index in [1.165, 1.54) is 24.3 Å². The Hall–Kier alpha value is -2.80. The van der Waals surface area contributed by atoms with Gasteiger partial charge in [-0.25, -0.2) is 4.68 Å². The van der Waals surface area contributed by atoms with Crippen LogP contribution in [0.15, 0.2) is 54.7 Å². The topological polar surface area (TPSA) is 46.9 Å². The quantitative estimate of drug-likeness (QED) is 0.634. The van der Waals surface area contributed by atoms with E-state index in [1.54, 1.807) is 6.92 Å². The first kappa shape index (κ1) is 19.9. The second-order valence-corrected chi connectivity index (χ2v) is 6.84. The molecular weight excluding hydrogens is 391 g/mol. The summed E-state index contributed by atoms with van der Waals surface area (Å²) in [5, 5.41) is 6.78. The van der Waals surface area contributed by atoms with Crippen molar-refractivity contribution in [2.24, 2.45) is 0 Å². The zero-order valence-electron chi connectivity index (χ0n) is 15.1. The van der Waals surface area contributed by atoms with Crippen LogP contribution >= 0.6 is 11.6 Å². The highest BCUT2D eigenvalue weighted by Crippen LogP contribution is 2.34. The minimum absolute atomic E-state index is 0.155. The molecule has 3 rings (SSSR count). The lowest BCUT2D eigenvalue weighted by Crippen LogP contribution is -2.29. The zero-order chi connectivity index (χ0) is 20.5. The SMILES string of the molecule is Cc1ccc(C(C)NC(=O)c2cnn(-c3ccc(Cl)cc3)c2C(F)(F)F)cc1. The van der Waals surface area contributed by atoms with Crippen LogP contribution in [0.3, 0.4) is 0 Å². The van der Waals surface area contributed by atoms with E-state index in [0.717, 1.165) is 17.3 Å². The average Bonchev–Trinajstić information content (AvgIpc) is 3.08. The summed E-state index contributed by atoms with van der Waals surface area (Å²) >= 11 is 5.79. The Labute approximate surface area is 164 Å². The van der Waals surface area contributed by atoms with Gasteiger partial charge in [-0.15, -0.1) is 0 Å². The molecule has 1 aromatic heterocycles. The molecule has 28 heavy (non-hydrogen) atoms. The first-order chi connectivity index (χ1) is 13.2. The molecule has 0 saturated carbocycles. The lowest BCUT2D eigenvalue weighted by atomic mass is 10.1. The lowest BCUT2D eigenvalue weighted by Gasteiger charge is -2.16. The summed E-state index contributed by atoms with van der Waals surface area (Å²) in [6.45, 7) is 3.63. The molecule has 0 spiro atoms. The predicted molar refractivity (Wildman–Crippen MR) is 101 cm³/mol. The van der Waals surface area contributed by atoms with Gasteiger partial charge >= 0.3 is 6.18 Å². The van der Waals surface area contributed by atoms with Crippen LogP contribution in [0.25, 0.3) is 5.69 Å². The molecular formula is C20H17ClF3N3O. The number of amides is 1. The molecule has 0 aliphatic rings. The second kappa shape index (κ2) is 7.67. The van der Waals surface area contributed by atoms with Gasteiger partial charge in [0.15, 0.2) is 5.69 Å². The van der Waals surface area contributed by atoms with E-state index in [-0.39, 0.29) is 5.69 Å². The van der Waals surface area contributed by atoms with Crippen molar-refractivity contribution in [2.45, 2.75) is 26.1 Å². The molecule has 0 bridgehead atoms. The Bertz CT molecular complexity index is 979.